The van der Waals surface area contributed by atoms with Crippen LogP contribution in [0.4, 0.5) is 5.69 Å². The summed E-state index contributed by atoms with van der Waals surface area (Å²) in [6.07, 6.45) is 2.33. The van der Waals surface area contributed by atoms with Gasteiger partial charge in [0.1, 0.15) is 5.71 Å². The molecule has 0 fully saturated rings. The van der Waals surface area contributed by atoms with Gasteiger partial charge in [-0.3, -0.25) is 14.6 Å². The number of pyridine rings is 1. The lowest BCUT2D eigenvalue weighted by Crippen LogP contribution is -2.32. The second kappa shape index (κ2) is 5.08. The molecule has 0 atom stereocenters. The number of aromatic nitrogens is 1. The molecule has 20 heavy (non-hydrogen) atoms. The van der Waals surface area contributed by atoms with E-state index in [-0.39, 0.29) is 18.2 Å². The minimum atomic E-state index is -0.304. The van der Waals surface area contributed by atoms with Crippen LogP contribution in [0.25, 0.3) is 10.9 Å². The topological polar surface area (TPSA) is 83.5 Å². The SMILES string of the molecule is O=C1CCC(C(=O)Nc2cccc3ncccc23)=NN1. The summed E-state index contributed by atoms with van der Waals surface area (Å²) in [6, 6.07) is 9.22. The van der Waals surface area contributed by atoms with Crippen molar-refractivity contribution in [3.8, 4) is 0 Å². The Morgan fingerprint density at radius 1 is 1.20 bits per heavy atom. The molecule has 6 heteroatoms. The summed E-state index contributed by atoms with van der Waals surface area (Å²) in [4.78, 5) is 27.3. The van der Waals surface area contributed by atoms with Crippen LogP contribution in [-0.2, 0) is 9.59 Å². The average Bonchev–Trinajstić information content (AvgIpc) is 2.48. The molecule has 6 nitrogen and oxygen atoms in total. The largest absolute Gasteiger partial charge is 0.320 e. The molecule has 1 aromatic carbocycles. The van der Waals surface area contributed by atoms with Crippen molar-refractivity contribution in [2.45, 2.75) is 12.8 Å². The number of rotatable bonds is 2. The highest BCUT2D eigenvalue weighted by Gasteiger charge is 2.18. The van der Waals surface area contributed by atoms with Gasteiger partial charge < -0.3 is 5.32 Å². The van der Waals surface area contributed by atoms with E-state index in [1.807, 2.05) is 30.3 Å². The molecule has 0 bridgehead atoms. The Balaban J connectivity index is 1.86. The zero-order valence-electron chi connectivity index (χ0n) is 10.6. The summed E-state index contributed by atoms with van der Waals surface area (Å²) in [5.41, 5.74) is 4.13. The van der Waals surface area contributed by atoms with Crippen LogP contribution in [0.1, 0.15) is 12.8 Å². The molecular formula is C14H12N4O2. The van der Waals surface area contributed by atoms with Crippen LogP contribution >= 0.6 is 0 Å². The number of anilines is 1. The van der Waals surface area contributed by atoms with Gasteiger partial charge in [0.2, 0.25) is 5.91 Å². The van der Waals surface area contributed by atoms with Gasteiger partial charge in [0.15, 0.2) is 0 Å². The van der Waals surface area contributed by atoms with Gasteiger partial charge in [-0.05, 0) is 24.3 Å². The third-order valence-electron chi connectivity index (χ3n) is 3.06. The van der Waals surface area contributed by atoms with Crippen LogP contribution in [0.2, 0.25) is 0 Å². The van der Waals surface area contributed by atoms with E-state index >= 15 is 0 Å². The van der Waals surface area contributed by atoms with Crippen molar-refractivity contribution in [2.24, 2.45) is 5.10 Å². The summed E-state index contributed by atoms with van der Waals surface area (Å²) in [5.74, 6) is -0.475. The maximum Gasteiger partial charge on any atom is 0.271 e. The monoisotopic (exact) mass is 268 g/mol. The van der Waals surface area contributed by atoms with Crippen molar-refractivity contribution >= 4 is 34.1 Å². The number of hydrazone groups is 1. The van der Waals surface area contributed by atoms with Crippen molar-refractivity contribution in [1.82, 2.24) is 10.4 Å². The van der Waals surface area contributed by atoms with E-state index in [1.54, 1.807) is 6.20 Å². The minimum Gasteiger partial charge on any atom is -0.320 e. The first-order valence-electron chi connectivity index (χ1n) is 6.24. The fraction of sp³-hybridized carbons (Fsp3) is 0.143. The highest BCUT2D eigenvalue weighted by Crippen LogP contribution is 2.21. The molecule has 100 valence electrons. The molecule has 3 rings (SSSR count). The number of hydrogen-bond acceptors (Lipinski definition) is 4. The molecule has 0 saturated carbocycles. The van der Waals surface area contributed by atoms with Crippen LogP contribution in [-0.4, -0.2) is 22.5 Å². The average molecular weight is 268 g/mol. The lowest BCUT2D eigenvalue weighted by Gasteiger charge is -2.13. The van der Waals surface area contributed by atoms with Crippen molar-refractivity contribution in [3.05, 3.63) is 36.5 Å². The number of fused-ring (bicyclic) bond motifs is 1. The first-order chi connectivity index (χ1) is 9.74. The smallest absolute Gasteiger partial charge is 0.271 e. The maximum atomic E-state index is 12.1. The molecule has 1 aromatic heterocycles. The van der Waals surface area contributed by atoms with Crippen LogP contribution in [0.3, 0.4) is 0 Å². The molecule has 0 spiro atoms. The molecule has 2 aromatic rings. The van der Waals surface area contributed by atoms with Gasteiger partial charge in [0, 0.05) is 24.4 Å². The number of benzene rings is 1. The van der Waals surface area contributed by atoms with E-state index in [0.29, 0.717) is 17.8 Å². The van der Waals surface area contributed by atoms with Gasteiger partial charge in [0.25, 0.3) is 5.91 Å². The number of nitrogens with one attached hydrogen (secondary N) is 2. The molecule has 0 saturated heterocycles. The van der Waals surface area contributed by atoms with Crippen LogP contribution in [0.5, 0.6) is 0 Å². The molecule has 1 aliphatic heterocycles. The molecule has 1 aliphatic rings. The Morgan fingerprint density at radius 2 is 2.10 bits per heavy atom. The summed E-state index contributed by atoms with van der Waals surface area (Å²) in [7, 11) is 0. The van der Waals surface area contributed by atoms with Crippen molar-refractivity contribution in [3.63, 3.8) is 0 Å². The van der Waals surface area contributed by atoms with Crippen molar-refractivity contribution < 1.29 is 9.59 Å². The molecule has 2 N–H and O–H groups in total. The van der Waals surface area contributed by atoms with E-state index in [0.717, 1.165) is 10.9 Å². The molecule has 0 aliphatic carbocycles. The number of carbonyl (C=O) groups is 2. The summed E-state index contributed by atoms with van der Waals surface area (Å²) in [6.45, 7) is 0. The summed E-state index contributed by atoms with van der Waals surface area (Å²) in [5, 5.41) is 7.45. The third kappa shape index (κ3) is 2.35. The maximum absolute atomic E-state index is 12.1. The van der Waals surface area contributed by atoms with Gasteiger partial charge >= 0.3 is 0 Å². The van der Waals surface area contributed by atoms with Crippen molar-refractivity contribution in [1.29, 1.82) is 0 Å². The molecule has 2 heterocycles. The van der Waals surface area contributed by atoms with Gasteiger partial charge in [-0.1, -0.05) is 6.07 Å². The highest BCUT2D eigenvalue weighted by atomic mass is 16.2. The normalized spacial score (nSPS) is 14.6. The van der Waals surface area contributed by atoms with Gasteiger partial charge in [-0.15, -0.1) is 0 Å². The summed E-state index contributed by atoms with van der Waals surface area (Å²) >= 11 is 0. The standard InChI is InChI=1S/C14H12N4O2/c19-13-7-6-12(17-18-13)14(20)16-11-5-1-4-10-9(11)3-2-8-15-10/h1-5,8H,6-7H2,(H,16,20)(H,18,19). The van der Waals surface area contributed by atoms with Gasteiger partial charge in [0.05, 0.1) is 11.2 Å². The minimum absolute atomic E-state index is 0.170. The van der Waals surface area contributed by atoms with E-state index in [4.69, 9.17) is 0 Å². The number of carbonyl (C=O) groups excluding carboxylic acids is 2. The Morgan fingerprint density at radius 3 is 2.90 bits per heavy atom. The van der Waals surface area contributed by atoms with Crippen LogP contribution in [0.15, 0.2) is 41.6 Å². The quantitative estimate of drug-likeness (QED) is 0.864. The number of amides is 2. The Kier molecular flexibility index (Phi) is 3.12. The lowest BCUT2D eigenvalue weighted by molar-refractivity contribution is -0.121. The third-order valence-corrected chi connectivity index (χ3v) is 3.06. The molecular weight excluding hydrogens is 256 g/mol. The first-order valence-corrected chi connectivity index (χ1v) is 6.24. The molecule has 0 radical (unpaired) electrons. The zero-order valence-corrected chi connectivity index (χ0v) is 10.6. The predicted octanol–water partition coefficient (Wildman–Crippen LogP) is 1.44. The Labute approximate surface area is 114 Å². The molecule has 0 unspecified atom stereocenters. The molecule has 2 amide bonds. The highest BCUT2D eigenvalue weighted by molar-refractivity contribution is 6.44. The zero-order chi connectivity index (χ0) is 13.9. The van der Waals surface area contributed by atoms with Crippen LogP contribution in [0, 0.1) is 0 Å². The predicted molar refractivity (Wildman–Crippen MR) is 75.2 cm³/mol. The number of nitrogens with zero attached hydrogens (tertiary/aromatic N) is 2. The van der Waals surface area contributed by atoms with E-state index < -0.39 is 0 Å². The first kappa shape index (κ1) is 12.3. The lowest BCUT2D eigenvalue weighted by atomic mass is 10.1. The number of hydrogen-bond donors (Lipinski definition) is 2. The van der Waals surface area contributed by atoms with Gasteiger partial charge in [-0.25, -0.2) is 5.43 Å². The second-order valence-corrected chi connectivity index (χ2v) is 4.42. The van der Waals surface area contributed by atoms with E-state index in [1.165, 1.54) is 0 Å². The van der Waals surface area contributed by atoms with Gasteiger partial charge in [-0.2, -0.15) is 5.10 Å². The Hall–Kier alpha value is -2.76. The summed E-state index contributed by atoms with van der Waals surface area (Å²) < 4.78 is 0. The van der Waals surface area contributed by atoms with Crippen LogP contribution < -0.4 is 10.7 Å². The fourth-order valence-electron chi connectivity index (χ4n) is 2.04. The second-order valence-electron chi connectivity index (χ2n) is 4.42. The fourth-order valence-corrected chi connectivity index (χ4v) is 2.04. The van der Waals surface area contributed by atoms with E-state index in [2.05, 4.69) is 20.8 Å². The van der Waals surface area contributed by atoms with Crippen molar-refractivity contribution in [2.75, 3.05) is 5.32 Å². The Bertz CT molecular complexity index is 719. The van der Waals surface area contributed by atoms with E-state index in [9.17, 15) is 9.59 Å².